The van der Waals surface area contributed by atoms with Gasteiger partial charge in [0.25, 0.3) is 5.91 Å². The number of nitrogens with zero attached hydrogens (tertiary/aromatic N) is 2. The average Bonchev–Trinajstić information content (AvgIpc) is 2.34. The van der Waals surface area contributed by atoms with Crippen LogP contribution >= 0.6 is 0 Å². The van der Waals surface area contributed by atoms with E-state index in [0.29, 0.717) is 5.56 Å². The predicted molar refractivity (Wildman–Crippen MR) is 34.9 cm³/mol. The highest BCUT2D eigenvalue weighted by Gasteiger charge is 2.03. The van der Waals surface area contributed by atoms with Crippen LogP contribution < -0.4 is 11.3 Å². The van der Waals surface area contributed by atoms with Crippen LogP contribution in [0, 0.1) is 0 Å². The molecule has 0 aliphatic rings. The van der Waals surface area contributed by atoms with Crippen molar-refractivity contribution in [3.8, 4) is 0 Å². The van der Waals surface area contributed by atoms with Crippen molar-refractivity contribution in [2.75, 3.05) is 0 Å². The number of carbonyl (C=O) groups excluding carboxylic acids is 1. The molecule has 0 saturated carbocycles. The van der Waals surface area contributed by atoms with Crippen LogP contribution in [0.5, 0.6) is 0 Å². The van der Waals surface area contributed by atoms with Gasteiger partial charge < -0.3 is 0 Å². The minimum Gasteiger partial charge on any atom is -0.290 e. The first-order valence-electron chi connectivity index (χ1n) is 2.73. The molecule has 10 heavy (non-hydrogen) atoms. The number of hydrazine groups is 1. The second-order valence-corrected chi connectivity index (χ2v) is 1.88. The van der Waals surface area contributed by atoms with Gasteiger partial charge in [0, 0.05) is 13.2 Å². The summed E-state index contributed by atoms with van der Waals surface area (Å²) < 4.78 is 1.53. The Bertz CT molecular complexity index is 242. The third-order valence-corrected chi connectivity index (χ3v) is 1.10. The summed E-state index contributed by atoms with van der Waals surface area (Å²) in [6.45, 7) is 0. The fraction of sp³-hybridized carbons (Fsp3) is 0.200. The molecular formula is C5H8N4O. The molecule has 0 aliphatic heterocycles. The standard InChI is InChI=1S/C5H8N4O/c1-9-3-4(2-7-9)5(10)8-6/h2-3H,6H2,1H3,(H,8,10). The molecule has 1 amide bonds. The summed E-state index contributed by atoms with van der Waals surface area (Å²) in [5.74, 6) is 4.55. The molecule has 5 nitrogen and oxygen atoms in total. The molecule has 54 valence electrons. The van der Waals surface area contributed by atoms with E-state index in [9.17, 15) is 4.79 Å². The molecule has 0 bridgehead atoms. The van der Waals surface area contributed by atoms with Crippen molar-refractivity contribution >= 4 is 5.91 Å². The van der Waals surface area contributed by atoms with Gasteiger partial charge in [0.1, 0.15) is 0 Å². The van der Waals surface area contributed by atoms with Crippen LogP contribution in [0.4, 0.5) is 0 Å². The summed E-state index contributed by atoms with van der Waals surface area (Å²) in [4.78, 5) is 10.7. The van der Waals surface area contributed by atoms with E-state index in [1.54, 1.807) is 13.2 Å². The van der Waals surface area contributed by atoms with Gasteiger partial charge in [-0.05, 0) is 0 Å². The Morgan fingerprint density at radius 3 is 3.00 bits per heavy atom. The first-order valence-corrected chi connectivity index (χ1v) is 2.73. The zero-order valence-electron chi connectivity index (χ0n) is 5.53. The zero-order chi connectivity index (χ0) is 7.56. The lowest BCUT2D eigenvalue weighted by atomic mass is 10.3. The monoisotopic (exact) mass is 140 g/mol. The van der Waals surface area contributed by atoms with Crippen LogP contribution in [-0.2, 0) is 7.05 Å². The van der Waals surface area contributed by atoms with Crippen molar-refractivity contribution in [2.45, 2.75) is 0 Å². The van der Waals surface area contributed by atoms with Gasteiger partial charge in [-0.25, -0.2) is 5.84 Å². The molecule has 0 radical (unpaired) electrons. The quantitative estimate of drug-likeness (QED) is 0.299. The Labute approximate surface area is 57.8 Å². The molecular weight excluding hydrogens is 132 g/mol. The van der Waals surface area contributed by atoms with Crippen LogP contribution in [0.1, 0.15) is 10.4 Å². The van der Waals surface area contributed by atoms with Gasteiger partial charge in [-0.3, -0.25) is 14.9 Å². The highest BCUT2D eigenvalue weighted by molar-refractivity contribution is 5.93. The summed E-state index contributed by atoms with van der Waals surface area (Å²) in [5, 5.41) is 3.79. The van der Waals surface area contributed by atoms with E-state index < -0.39 is 0 Å². The number of aryl methyl sites for hydroxylation is 1. The third-order valence-electron chi connectivity index (χ3n) is 1.10. The van der Waals surface area contributed by atoms with Gasteiger partial charge in [-0.2, -0.15) is 5.10 Å². The number of aromatic nitrogens is 2. The van der Waals surface area contributed by atoms with Crippen molar-refractivity contribution in [2.24, 2.45) is 12.9 Å². The Morgan fingerprint density at radius 1 is 1.90 bits per heavy atom. The molecule has 1 aromatic heterocycles. The molecule has 0 aliphatic carbocycles. The normalized spacial score (nSPS) is 9.40. The second-order valence-electron chi connectivity index (χ2n) is 1.88. The second kappa shape index (κ2) is 2.49. The average molecular weight is 140 g/mol. The molecule has 0 aromatic carbocycles. The predicted octanol–water partition coefficient (Wildman–Crippen LogP) is -0.976. The van der Waals surface area contributed by atoms with Crippen LogP contribution in [0.25, 0.3) is 0 Å². The van der Waals surface area contributed by atoms with E-state index in [1.807, 2.05) is 5.43 Å². The molecule has 3 N–H and O–H groups in total. The maximum absolute atomic E-state index is 10.7. The summed E-state index contributed by atoms with van der Waals surface area (Å²) in [7, 11) is 1.73. The van der Waals surface area contributed by atoms with Gasteiger partial charge in [0.05, 0.1) is 11.8 Å². The van der Waals surface area contributed by atoms with Gasteiger partial charge in [0.15, 0.2) is 0 Å². The largest absolute Gasteiger partial charge is 0.290 e. The molecule has 0 saturated heterocycles. The van der Waals surface area contributed by atoms with Gasteiger partial charge in [-0.15, -0.1) is 0 Å². The topological polar surface area (TPSA) is 72.9 Å². The highest BCUT2D eigenvalue weighted by Crippen LogP contribution is 1.93. The lowest BCUT2D eigenvalue weighted by molar-refractivity contribution is 0.0953. The summed E-state index contributed by atoms with van der Waals surface area (Å²) in [6, 6.07) is 0. The first kappa shape index (κ1) is 6.76. The Morgan fingerprint density at radius 2 is 2.60 bits per heavy atom. The van der Waals surface area contributed by atoms with Gasteiger partial charge in [0.2, 0.25) is 0 Å². The van der Waals surface area contributed by atoms with Crippen LogP contribution in [-0.4, -0.2) is 15.7 Å². The lowest BCUT2D eigenvalue weighted by Gasteiger charge is -1.90. The summed E-state index contributed by atoms with van der Waals surface area (Å²) in [5.41, 5.74) is 2.47. The molecule has 5 heteroatoms. The molecule has 0 fully saturated rings. The highest BCUT2D eigenvalue weighted by atomic mass is 16.2. The van der Waals surface area contributed by atoms with Crippen molar-refractivity contribution in [1.82, 2.24) is 15.2 Å². The number of rotatable bonds is 1. The molecule has 1 aromatic rings. The maximum Gasteiger partial charge on any atom is 0.268 e. The summed E-state index contributed by atoms with van der Waals surface area (Å²) in [6.07, 6.45) is 3.03. The molecule has 1 heterocycles. The van der Waals surface area contributed by atoms with Gasteiger partial charge >= 0.3 is 0 Å². The van der Waals surface area contributed by atoms with Crippen molar-refractivity contribution < 1.29 is 4.79 Å². The maximum atomic E-state index is 10.7. The van der Waals surface area contributed by atoms with E-state index in [-0.39, 0.29) is 5.91 Å². The van der Waals surface area contributed by atoms with Crippen molar-refractivity contribution in [3.05, 3.63) is 18.0 Å². The number of nitrogen functional groups attached to an aromatic ring is 1. The molecule has 1 rings (SSSR count). The van der Waals surface area contributed by atoms with E-state index in [0.717, 1.165) is 0 Å². The zero-order valence-corrected chi connectivity index (χ0v) is 5.53. The Balaban J connectivity index is 2.85. The SMILES string of the molecule is Cn1cc(C(=O)NN)cn1. The van der Waals surface area contributed by atoms with Crippen molar-refractivity contribution in [3.63, 3.8) is 0 Å². The van der Waals surface area contributed by atoms with Crippen LogP contribution in [0.2, 0.25) is 0 Å². The van der Waals surface area contributed by atoms with Crippen LogP contribution in [0.3, 0.4) is 0 Å². The number of carbonyl (C=O) groups is 1. The number of nitrogens with one attached hydrogen (secondary N) is 1. The van der Waals surface area contributed by atoms with E-state index >= 15 is 0 Å². The van der Waals surface area contributed by atoms with Gasteiger partial charge in [-0.1, -0.05) is 0 Å². The fourth-order valence-electron chi connectivity index (χ4n) is 0.622. The Hall–Kier alpha value is -1.36. The first-order chi connectivity index (χ1) is 4.74. The molecule has 0 atom stereocenters. The minimum atomic E-state index is -0.326. The van der Waals surface area contributed by atoms with Crippen LogP contribution in [0.15, 0.2) is 12.4 Å². The number of nitrogens with two attached hydrogens (primary N) is 1. The number of hydrogen-bond donors (Lipinski definition) is 2. The van der Waals surface area contributed by atoms with Crippen molar-refractivity contribution in [1.29, 1.82) is 0 Å². The van der Waals surface area contributed by atoms with E-state index in [1.165, 1.54) is 10.9 Å². The minimum absolute atomic E-state index is 0.326. The number of amides is 1. The molecule has 0 spiro atoms. The number of hydrogen-bond acceptors (Lipinski definition) is 3. The van der Waals surface area contributed by atoms with E-state index in [4.69, 9.17) is 5.84 Å². The fourth-order valence-corrected chi connectivity index (χ4v) is 0.622. The summed E-state index contributed by atoms with van der Waals surface area (Å²) >= 11 is 0. The lowest BCUT2D eigenvalue weighted by Crippen LogP contribution is -2.29. The Kier molecular flexibility index (Phi) is 1.68. The third kappa shape index (κ3) is 1.14. The smallest absolute Gasteiger partial charge is 0.268 e. The van der Waals surface area contributed by atoms with E-state index in [2.05, 4.69) is 5.10 Å². The molecule has 0 unspecified atom stereocenters.